The first kappa shape index (κ1) is 13.0. The molecule has 0 aliphatic heterocycles. The van der Waals surface area contributed by atoms with Gasteiger partial charge < -0.3 is 10.1 Å². The van der Waals surface area contributed by atoms with Crippen molar-refractivity contribution in [1.82, 2.24) is 20.2 Å². The molecule has 0 unspecified atom stereocenters. The first-order chi connectivity index (χ1) is 9.20. The van der Waals surface area contributed by atoms with Crippen LogP contribution in [-0.2, 0) is 11.2 Å². The lowest BCUT2D eigenvalue weighted by Crippen LogP contribution is -2.10. The molecule has 0 bridgehead atoms. The van der Waals surface area contributed by atoms with Gasteiger partial charge in [-0.15, -0.1) is 0 Å². The van der Waals surface area contributed by atoms with Crippen LogP contribution in [0.3, 0.4) is 0 Å². The third kappa shape index (κ3) is 3.27. The minimum absolute atomic E-state index is 0.377. The van der Waals surface area contributed by atoms with Crippen LogP contribution in [0.1, 0.15) is 21.9 Å². The number of methoxy groups -OCH3 is 1. The molecule has 0 saturated heterocycles. The smallest absolute Gasteiger partial charge is 0.339 e. The van der Waals surface area contributed by atoms with Gasteiger partial charge in [0.2, 0.25) is 0 Å². The van der Waals surface area contributed by atoms with Gasteiger partial charge in [0.1, 0.15) is 18.0 Å². The number of rotatable bonds is 5. The van der Waals surface area contributed by atoms with Crippen LogP contribution in [-0.4, -0.2) is 39.8 Å². The Morgan fingerprint density at radius 2 is 2.32 bits per heavy atom. The zero-order chi connectivity index (χ0) is 13.7. The molecule has 19 heavy (non-hydrogen) atoms. The van der Waals surface area contributed by atoms with Gasteiger partial charge in [0, 0.05) is 13.0 Å². The maximum Gasteiger partial charge on any atom is 0.339 e. The number of pyridine rings is 1. The molecule has 7 heteroatoms. The normalized spacial score (nSPS) is 10.2. The molecule has 2 rings (SSSR count). The van der Waals surface area contributed by atoms with Gasteiger partial charge >= 0.3 is 5.97 Å². The van der Waals surface area contributed by atoms with Crippen molar-refractivity contribution in [3.63, 3.8) is 0 Å². The largest absolute Gasteiger partial charge is 0.465 e. The Bertz CT molecular complexity index is 553. The van der Waals surface area contributed by atoms with Crippen molar-refractivity contribution in [1.29, 1.82) is 0 Å². The number of esters is 1. The fourth-order valence-corrected chi connectivity index (χ4v) is 1.65. The summed E-state index contributed by atoms with van der Waals surface area (Å²) in [6.07, 6.45) is 2.20. The molecule has 7 nitrogen and oxygen atoms in total. The standard InChI is InChI=1S/C12H15N5O2/c1-8-9(12(18)19-2)3-4-10(16-8)13-6-5-11-14-7-15-17-11/h3-4,7H,5-6H2,1-2H3,(H,13,16)(H,14,15,17). The maximum atomic E-state index is 11.4. The van der Waals surface area contributed by atoms with Crippen molar-refractivity contribution in [2.24, 2.45) is 0 Å². The second-order valence-corrected chi connectivity index (χ2v) is 3.93. The molecule has 2 heterocycles. The number of ether oxygens (including phenoxy) is 1. The lowest BCUT2D eigenvalue weighted by Gasteiger charge is -2.07. The molecule has 0 aromatic carbocycles. The van der Waals surface area contributed by atoms with E-state index in [0.717, 1.165) is 12.2 Å². The number of aromatic amines is 1. The fraction of sp³-hybridized carbons (Fsp3) is 0.333. The molecule has 0 saturated carbocycles. The third-order valence-corrected chi connectivity index (χ3v) is 2.62. The molecule has 100 valence electrons. The third-order valence-electron chi connectivity index (χ3n) is 2.62. The molecular formula is C12H15N5O2. The van der Waals surface area contributed by atoms with Crippen molar-refractivity contribution >= 4 is 11.8 Å². The minimum Gasteiger partial charge on any atom is -0.465 e. The molecular weight excluding hydrogens is 246 g/mol. The first-order valence-corrected chi connectivity index (χ1v) is 5.85. The summed E-state index contributed by atoms with van der Waals surface area (Å²) in [5, 5.41) is 9.71. The summed E-state index contributed by atoms with van der Waals surface area (Å²) >= 11 is 0. The molecule has 0 fully saturated rings. The number of anilines is 1. The topological polar surface area (TPSA) is 92.8 Å². The van der Waals surface area contributed by atoms with Gasteiger partial charge in [-0.1, -0.05) is 0 Å². The molecule has 0 aliphatic carbocycles. The van der Waals surface area contributed by atoms with Crippen LogP contribution in [0.5, 0.6) is 0 Å². The summed E-state index contributed by atoms with van der Waals surface area (Å²) in [5.74, 6) is 1.15. The Kier molecular flexibility index (Phi) is 4.07. The van der Waals surface area contributed by atoms with Crippen LogP contribution < -0.4 is 5.32 Å². The van der Waals surface area contributed by atoms with Crippen molar-refractivity contribution in [3.05, 3.63) is 35.5 Å². The van der Waals surface area contributed by atoms with Gasteiger partial charge in [-0.3, -0.25) is 5.10 Å². The Hall–Kier alpha value is -2.44. The average Bonchev–Trinajstić information content (AvgIpc) is 2.91. The Labute approximate surface area is 110 Å². The predicted octanol–water partition coefficient (Wildman–Crippen LogP) is 0.949. The number of aromatic nitrogens is 4. The highest BCUT2D eigenvalue weighted by Gasteiger charge is 2.10. The highest BCUT2D eigenvalue weighted by atomic mass is 16.5. The number of carbonyl (C=O) groups excluding carboxylic acids is 1. The number of carbonyl (C=O) groups is 1. The average molecular weight is 261 g/mol. The molecule has 2 N–H and O–H groups in total. The van der Waals surface area contributed by atoms with E-state index < -0.39 is 0 Å². The molecule has 0 atom stereocenters. The molecule has 0 spiro atoms. The minimum atomic E-state index is -0.377. The first-order valence-electron chi connectivity index (χ1n) is 5.85. The molecule has 0 aliphatic rings. The number of H-pyrrole nitrogens is 1. The van der Waals surface area contributed by atoms with E-state index in [2.05, 4.69) is 30.2 Å². The van der Waals surface area contributed by atoms with E-state index in [1.165, 1.54) is 13.4 Å². The SMILES string of the molecule is COC(=O)c1ccc(NCCc2ncn[nH]2)nc1C. The number of aryl methyl sites for hydroxylation is 1. The molecule has 0 amide bonds. The summed E-state index contributed by atoms with van der Waals surface area (Å²) < 4.78 is 4.67. The van der Waals surface area contributed by atoms with Crippen LogP contribution >= 0.6 is 0 Å². The van der Waals surface area contributed by atoms with Crippen LogP contribution in [0, 0.1) is 6.92 Å². The lowest BCUT2D eigenvalue weighted by molar-refractivity contribution is 0.0599. The Balaban J connectivity index is 1.94. The van der Waals surface area contributed by atoms with E-state index >= 15 is 0 Å². The summed E-state index contributed by atoms with van der Waals surface area (Å²) in [7, 11) is 1.35. The summed E-state index contributed by atoms with van der Waals surface area (Å²) in [5.41, 5.74) is 1.11. The zero-order valence-corrected chi connectivity index (χ0v) is 10.8. The van der Waals surface area contributed by atoms with E-state index in [-0.39, 0.29) is 5.97 Å². The van der Waals surface area contributed by atoms with Crippen molar-refractivity contribution in [3.8, 4) is 0 Å². The Morgan fingerprint density at radius 1 is 1.47 bits per heavy atom. The Morgan fingerprint density at radius 3 is 2.95 bits per heavy atom. The second-order valence-electron chi connectivity index (χ2n) is 3.93. The van der Waals surface area contributed by atoms with Gasteiger partial charge in [-0.2, -0.15) is 5.10 Å². The number of hydrogen-bond donors (Lipinski definition) is 2. The second kappa shape index (κ2) is 5.94. The number of nitrogens with zero attached hydrogens (tertiary/aromatic N) is 3. The lowest BCUT2D eigenvalue weighted by atomic mass is 10.2. The predicted molar refractivity (Wildman–Crippen MR) is 68.9 cm³/mol. The molecule has 2 aromatic heterocycles. The monoisotopic (exact) mass is 261 g/mol. The van der Waals surface area contributed by atoms with E-state index in [9.17, 15) is 4.79 Å². The highest BCUT2D eigenvalue weighted by molar-refractivity contribution is 5.90. The highest BCUT2D eigenvalue weighted by Crippen LogP contribution is 2.11. The summed E-state index contributed by atoms with van der Waals surface area (Å²) in [6, 6.07) is 3.45. The number of nitrogens with one attached hydrogen (secondary N) is 2. The van der Waals surface area contributed by atoms with Crippen LogP contribution in [0.15, 0.2) is 18.5 Å². The number of hydrogen-bond acceptors (Lipinski definition) is 6. The van der Waals surface area contributed by atoms with E-state index in [1.54, 1.807) is 19.1 Å². The van der Waals surface area contributed by atoms with Crippen molar-refractivity contribution in [2.75, 3.05) is 19.0 Å². The summed E-state index contributed by atoms with van der Waals surface area (Å²) in [6.45, 7) is 2.45. The zero-order valence-electron chi connectivity index (χ0n) is 10.8. The van der Waals surface area contributed by atoms with E-state index in [4.69, 9.17) is 0 Å². The van der Waals surface area contributed by atoms with Crippen LogP contribution in [0.25, 0.3) is 0 Å². The fourth-order valence-electron chi connectivity index (χ4n) is 1.65. The van der Waals surface area contributed by atoms with Crippen LogP contribution in [0.4, 0.5) is 5.82 Å². The molecule has 0 radical (unpaired) electrons. The van der Waals surface area contributed by atoms with Crippen LogP contribution in [0.2, 0.25) is 0 Å². The van der Waals surface area contributed by atoms with Crippen molar-refractivity contribution in [2.45, 2.75) is 13.3 Å². The van der Waals surface area contributed by atoms with E-state index in [1.807, 2.05) is 0 Å². The van der Waals surface area contributed by atoms with Gasteiger partial charge in [-0.25, -0.2) is 14.8 Å². The summed E-state index contributed by atoms with van der Waals surface area (Å²) in [4.78, 5) is 19.7. The van der Waals surface area contributed by atoms with E-state index in [0.29, 0.717) is 23.6 Å². The van der Waals surface area contributed by atoms with Gasteiger partial charge in [-0.05, 0) is 19.1 Å². The quantitative estimate of drug-likeness (QED) is 0.778. The van der Waals surface area contributed by atoms with Crippen molar-refractivity contribution < 1.29 is 9.53 Å². The molecule has 2 aromatic rings. The van der Waals surface area contributed by atoms with Gasteiger partial charge in [0.25, 0.3) is 0 Å². The maximum absolute atomic E-state index is 11.4. The van der Waals surface area contributed by atoms with Gasteiger partial charge in [0.05, 0.1) is 18.4 Å². The van der Waals surface area contributed by atoms with Gasteiger partial charge in [0.15, 0.2) is 0 Å².